The van der Waals surface area contributed by atoms with Gasteiger partial charge in [0.15, 0.2) is 5.78 Å². The fourth-order valence-corrected chi connectivity index (χ4v) is 3.83. The van der Waals surface area contributed by atoms with Crippen LogP contribution in [0.1, 0.15) is 43.0 Å². The van der Waals surface area contributed by atoms with Gasteiger partial charge in [-0.15, -0.1) is 11.8 Å². The van der Waals surface area contributed by atoms with Crippen molar-refractivity contribution >= 4 is 33.5 Å². The minimum atomic E-state index is 0.154. The number of ketones is 1. The van der Waals surface area contributed by atoms with Crippen LogP contribution in [0.4, 0.5) is 0 Å². The summed E-state index contributed by atoms with van der Waals surface area (Å²) in [6.45, 7) is 1.64. The topological polar surface area (TPSA) is 17.1 Å². The molecule has 1 aromatic carbocycles. The van der Waals surface area contributed by atoms with Gasteiger partial charge in [0, 0.05) is 20.2 Å². The third-order valence-electron chi connectivity index (χ3n) is 2.92. The van der Waals surface area contributed by atoms with Crippen LogP contribution in [0, 0.1) is 0 Å². The van der Waals surface area contributed by atoms with Gasteiger partial charge in [-0.1, -0.05) is 28.8 Å². The molecule has 1 aliphatic carbocycles. The number of thioether (sulfide) groups is 1. The molecule has 0 N–H and O–H groups in total. The molecule has 1 fully saturated rings. The van der Waals surface area contributed by atoms with Crippen LogP contribution in [0.5, 0.6) is 0 Å². The van der Waals surface area contributed by atoms with Crippen molar-refractivity contribution in [3.05, 3.63) is 28.2 Å². The number of hydrogen-bond donors (Lipinski definition) is 0. The molecule has 0 unspecified atom stereocenters. The minimum Gasteiger partial charge on any atom is -0.294 e. The van der Waals surface area contributed by atoms with E-state index >= 15 is 0 Å². The Bertz CT molecular complexity index is 397. The standard InChI is InChI=1S/C13H15BrOS/c1-9(15)12-8-10(14)6-7-13(12)16-11-4-2-3-5-11/h6-8,11H,2-5H2,1H3. The first kappa shape index (κ1) is 12.2. The van der Waals surface area contributed by atoms with E-state index in [2.05, 4.69) is 22.0 Å². The Morgan fingerprint density at radius 2 is 2.06 bits per heavy atom. The molecule has 0 aromatic heterocycles. The molecule has 0 bridgehead atoms. The molecule has 0 saturated heterocycles. The quantitative estimate of drug-likeness (QED) is 0.753. The van der Waals surface area contributed by atoms with Crippen molar-refractivity contribution in [3.63, 3.8) is 0 Å². The van der Waals surface area contributed by atoms with E-state index in [1.165, 1.54) is 25.7 Å². The summed E-state index contributed by atoms with van der Waals surface area (Å²) in [6, 6.07) is 6.01. The molecule has 0 atom stereocenters. The second-order valence-corrected chi connectivity index (χ2v) is 6.48. The van der Waals surface area contributed by atoms with E-state index in [0.29, 0.717) is 5.25 Å². The molecule has 0 radical (unpaired) electrons. The Kier molecular flexibility index (Phi) is 4.09. The van der Waals surface area contributed by atoms with Gasteiger partial charge in [0.1, 0.15) is 0 Å². The molecular formula is C13H15BrOS. The van der Waals surface area contributed by atoms with E-state index in [-0.39, 0.29) is 5.78 Å². The third-order valence-corrected chi connectivity index (χ3v) is 4.82. The molecular weight excluding hydrogens is 284 g/mol. The van der Waals surface area contributed by atoms with E-state index in [0.717, 1.165) is 14.9 Å². The largest absolute Gasteiger partial charge is 0.294 e. The number of carbonyl (C=O) groups is 1. The second kappa shape index (κ2) is 5.37. The molecule has 0 spiro atoms. The monoisotopic (exact) mass is 298 g/mol. The second-order valence-electron chi connectivity index (χ2n) is 4.22. The van der Waals surface area contributed by atoms with Gasteiger partial charge in [-0.05, 0) is 38.0 Å². The number of carbonyl (C=O) groups excluding carboxylic acids is 1. The molecule has 1 aromatic rings. The maximum atomic E-state index is 11.6. The van der Waals surface area contributed by atoms with Gasteiger partial charge < -0.3 is 0 Å². The minimum absolute atomic E-state index is 0.154. The highest BCUT2D eigenvalue weighted by molar-refractivity contribution is 9.10. The van der Waals surface area contributed by atoms with Crippen molar-refractivity contribution < 1.29 is 4.79 Å². The highest BCUT2D eigenvalue weighted by atomic mass is 79.9. The van der Waals surface area contributed by atoms with Gasteiger partial charge in [0.2, 0.25) is 0 Å². The van der Waals surface area contributed by atoms with Gasteiger partial charge in [-0.25, -0.2) is 0 Å². The summed E-state index contributed by atoms with van der Waals surface area (Å²) in [5, 5.41) is 0.708. The van der Waals surface area contributed by atoms with Crippen LogP contribution in [0.2, 0.25) is 0 Å². The lowest BCUT2D eigenvalue weighted by Gasteiger charge is -2.12. The molecule has 0 heterocycles. The Morgan fingerprint density at radius 1 is 1.38 bits per heavy atom. The van der Waals surface area contributed by atoms with Gasteiger partial charge in [-0.3, -0.25) is 4.79 Å². The molecule has 3 heteroatoms. The summed E-state index contributed by atoms with van der Waals surface area (Å²) in [4.78, 5) is 12.7. The van der Waals surface area contributed by atoms with Crippen LogP contribution in [0.3, 0.4) is 0 Å². The van der Waals surface area contributed by atoms with Gasteiger partial charge in [0.25, 0.3) is 0 Å². The normalized spacial score (nSPS) is 16.6. The van der Waals surface area contributed by atoms with Crippen molar-refractivity contribution in [3.8, 4) is 0 Å². The van der Waals surface area contributed by atoms with Crippen LogP contribution in [-0.4, -0.2) is 11.0 Å². The van der Waals surface area contributed by atoms with Crippen molar-refractivity contribution in [2.75, 3.05) is 0 Å². The maximum Gasteiger partial charge on any atom is 0.160 e. The fraction of sp³-hybridized carbons (Fsp3) is 0.462. The first-order valence-electron chi connectivity index (χ1n) is 5.64. The average Bonchev–Trinajstić information content (AvgIpc) is 2.73. The third kappa shape index (κ3) is 2.89. The predicted molar refractivity (Wildman–Crippen MR) is 72.3 cm³/mol. The number of benzene rings is 1. The van der Waals surface area contributed by atoms with Crippen LogP contribution >= 0.6 is 27.7 Å². The predicted octanol–water partition coefficient (Wildman–Crippen LogP) is 4.69. The molecule has 1 aliphatic rings. The Morgan fingerprint density at radius 3 is 2.69 bits per heavy atom. The zero-order chi connectivity index (χ0) is 11.5. The number of Topliss-reactive ketones (excluding diaryl/α,β-unsaturated/α-hetero) is 1. The van der Waals surface area contributed by atoms with Crippen LogP contribution < -0.4 is 0 Å². The van der Waals surface area contributed by atoms with Gasteiger partial charge in [0.05, 0.1) is 0 Å². The summed E-state index contributed by atoms with van der Waals surface area (Å²) in [5.41, 5.74) is 0.853. The van der Waals surface area contributed by atoms with E-state index in [1.807, 2.05) is 23.9 Å². The average molecular weight is 299 g/mol. The Labute approximate surface area is 109 Å². The molecule has 0 amide bonds. The molecule has 86 valence electrons. The first-order valence-corrected chi connectivity index (χ1v) is 7.31. The fourth-order valence-electron chi connectivity index (χ4n) is 2.07. The van der Waals surface area contributed by atoms with E-state index in [9.17, 15) is 4.79 Å². The summed E-state index contributed by atoms with van der Waals surface area (Å²) < 4.78 is 0.980. The summed E-state index contributed by atoms with van der Waals surface area (Å²) in [6.07, 6.45) is 5.25. The highest BCUT2D eigenvalue weighted by Crippen LogP contribution is 2.37. The van der Waals surface area contributed by atoms with Gasteiger partial charge in [-0.2, -0.15) is 0 Å². The smallest absolute Gasteiger partial charge is 0.160 e. The van der Waals surface area contributed by atoms with Crippen LogP contribution in [0.15, 0.2) is 27.6 Å². The van der Waals surface area contributed by atoms with Crippen molar-refractivity contribution in [1.82, 2.24) is 0 Å². The van der Waals surface area contributed by atoms with Crippen molar-refractivity contribution in [2.45, 2.75) is 42.8 Å². The molecule has 1 nitrogen and oxygen atoms in total. The summed E-state index contributed by atoms with van der Waals surface area (Å²) in [7, 11) is 0. The lowest BCUT2D eigenvalue weighted by atomic mass is 10.1. The summed E-state index contributed by atoms with van der Waals surface area (Å²) in [5.74, 6) is 0.154. The molecule has 16 heavy (non-hydrogen) atoms. The van der Waals surface area contributed by atoms with Crippen LogP contribution in [0.25, 0.3) is 0 Å². The highest BCUT2D eigenvalue weighted by Gasteiger charge is 2.18. The van der Waals surface area contributed by atoms with Gasteiger partial charge >= 0.3 is 0 Å². The van der Waals surface area contributed by atoms with E-state index in [1.54, 1.807) is 6.92 Å². The molecule has 2 rings (SSSR count). The van der Waals surface area contributed by atoms with E-state index < -0.39 is 0 Å². The Hall–Kier alpha value is -0.280. The number of hydrogen-bond acceptors (Lipinski definition) is 2. The zero-order valence-electron chi connectivity index (χ0n) is 9.33. The zero-order valence-corrected chi connectivity index (χ0v) is 11.7. The van der Waals surface area contributed by atoms with Crippen LogP contribution in [-0.2, 0) is 0 Å². The Balaban J connectivity index is 2.21. The maximum absolute atomic E-state index is 11.6. The van der Waals surface area contributed by atoms with Crippen molar-refractivity contribution in [1.29, 1.82) is 0 Å². The van der Waals surface area contributed by atoms with E-state index in [4.69, 9.17) is 0 Å². The number of halogens is 1. The van der Waals surface area contributed by atoms with Crippen molar-refractivity contribution in [2.24, 2.45) is 0 Å². The molecule has 0 aliphatic heterocycles. The first-order chi connectivity index (χ1) is 7.66. The lowest BCUT2D eigenvalue weighted by Crippen LogP contribution is -1.99. The number of rotatable bonds is 3. The molecule has 1 saturated carbocycles. The summed E-state index contributed by atoms with van der Waals surface area (Å²) >= 11 is 5.29. The SMILES string of the molecule is CC(=O)c1cc(Br)ccc1SC1CCCC1. The lowest BCUT2D eigenvalue weighted by molar-refractivity contribution is 0.101.